The third kappa shape index (κ3) is 1.83. The van der Waals surface area contributed by atoms with E-state index in [1.807, 2.05) is 0 Å². The van der Waals surface area contributed by atoms with Gasteiger partial charge >= 0.3 is 6.18 Å². The lowest BCUT2D eigenvalue weighted by molar-refractivity contribution is -0.138. The number of hydrogen-bond donors (Lipinski definition) is 1. The van der Waals surface area contributed by atoms with Crippen LogP contribution in [0.3, 0.4) is 0 Å². The number of aromatic nitrogens is 2. The first-order valence-electron chi connectivity index (χ1n) is 6.18. The largest absolute Gasteiger partial charge is 0.419 e. The minimum absolute atomic E-state index is 0.328. The maximum atomic E-state index is 12.8. The van der Waals surface area contributed by atoms with Gasteiger partial charge in [0.25, 0.3) is 0 Å². The highest BCUT2D eigenvalue weighted by Gasteiger charge is 2.49. The number of halogens is 3. The van der Waals surface area contributed by atoms with Crippen LogP contribution in [0.4, 0.5) is 13.2 Å². The molecule has 2 fully saturated rings. The Labute approximate surface area is 103 Å². The van der Waals surface area contributed by atoms with E-state index in [0.717, 1.165) is 32.1 Å². The molecule has 0 atom stereocenters. The Morgan fingerprint density at radius 1 is 1.44 bits per heavy atom. The molecule has 0 unspecified atom stereocenters. The summed E-state index contributed by atoms with van der Waals surface area (Å²) < 4.78 is 39.8. The molecule has 2 heterocycles. The molecule has 6 heteroatoms. The summed E-state index contributed by atoms with van der Waals surface area (Å²) >= 11 is 0. The lowest BCUT2D eigenvalue weighted by Gasteiger charge is -2.54. The number of aryl methyl sites for hydroxylation is 1. The molecule has 3 rings (SSSR count). The Kier molecular flexibility index (Phi) is 2.49. The fourth-order valence-electron chi connectivity index (χ4n) is 3.29. The average molecular weight is 259 g/mol. The van der Waals surface area contributed by atoms with E-state index in [4.69, 9.17) is 0 Å². The second kappa shape index (κ2) is 3.73. The molecule has 1 saturated heterocycles. The molecule has 1 aliphatic heterocycles. The molecule has 1 aliphatic carbocycles. The number of nitrogens with zero attached hydrogens (tertiary/aromatic N) is 2. The Balaban J connectivity index is 1.71. The zero-order chi connectivity index (χ0) is 13.0. The summed E-state index contributed by atoms with van der Waals surface area (Å²) in [4.78, 5) is 0. The van der Waals surface area contributed by atoms with E-state index < -0.39 is 11.7 Å². The van der Waals surface area contributed by atoms with Gasteiger partial charge in [0.15, 0.2) is 0 Å². The summed E-state index contributed by atoms with van der Waals surface area (Å²) in [5, 5.41) is 6.98. The van der Waals surface area contributed by atoms with Crippen molar-refractivity contribution < 1.29 is 13.2 Å². The highest BCUT2D eigenvalue weighted by atomic mass is 19.4. The van der Waals surface area contributed by atoms with Crippen molar-refractivity contribution in [2.45, 2.75) is 25.4 Å². The van der Waals surface area contributed by atoms with Crippen molar-refractivity contribution in [3.05, 3.63) is 17.5 Å². The second-order valence-electron chi connectivity index (χ2n) is 5.71. The first kappa shape index (κ1) is 12.0. The van der Waals surface area contributed by atoms with Crippen LogP contribution in [0.2, 0.25) is 0 Å². The Hall–Kier alpha value is -1.04. The van der Waals surface area contributed by atoms with Crippen molar-refractivity contribution in [3.8, 4) is 0 Å². The molecule has 1 aromatic heterocycles. The van der Waals surface area contributed by atoms with E-state index in [1.165, 1.54) is 4.68 Å². The third-order valence-corrected chi connectivity index (χ3v) is 4.29. The quantitative estimate of drug-likeness (QED) is 0.880. The molecule has 3 nitrogen and oxygen atoms in total. The molecule has 0 bridgehead atoms. The summed E-state index contributed by atoms with van der Waals surface area (Å²) in [6.45, 7) is 2.06. The van der Waals surface area contributed by atoms with E-state index in [-0.39, 0.29) is 0 Å². The molecule has 0 amide bonds. The van der Waals surface area contributed by atoms with Crippen LogP contribution in [-0.2, 0) is 19.6 Å². The fourth-order valence-corrected chi connectivity index (χ4v) is 3.29. The first-order chi connectivity index (χ1) is 8.40. The first-order valence-corrected chi connectivity index (χ1v) is 6.18. The fraction of sp³-hybridized carbons (Fsp3) is 0.750. The maximum Gasteiger partial charge on any atom is 0.419 e. The Morgan fingerprint density at radius 3 is 2.61 bits per heavy atom. The van der Waals surface area contributed by atoms with Gasteiger partial charge in [0.1, 0.15) is 0 Å². The predicted molar refractivity (Wildman–Crippen MR) is 59.9 cm³/mol. The molecule has 2 aliphatic rings. The lowest BCUT2D eigenvalue weighted by atomic mass is 9.57. The van der Waals surface area contributed by atoms with E-state index in [1.54, 1.807) is 7.05 Å². The van der Waals surface area contributed by atoms with E-state index in [2.05, 4.69) is 10.4 Å². The normalized spacial score (nSPS) is 22.9. The molecule has 18 heavy (non-hydrogen) atoms. The van der Waals surface area contributed by atoms with E-state index >= 15 is 0 Å². The maximum absolute atomic E-state index is 12.8. The summed E-state index contributed by atoms with van der Waals surface area (Å²) in [6, 6.07) is 0. The van der Waals surface area contributed by atoms with Crippen LogP contribution in [0.1, 0.15) is 24.1 Å². The third-order valence-electron chi connectivity index (χ3n) is 4.29. The van der Waals surface area contributed by atoms with Gasteiger partial charge in [-0.3, -0.25) is 4.68 Å². The van der Waals surface area contributed by atoms with Gasteiger partial charge in [0, 0.05) is 20.1 Å². The zero-order valence-corrected chi connectivity index (χ0v) is 10.2. The molecular formula is C12H16F3N3. The van der Waals surface area contributed by atoms with Gasteiger partial charge in [-0.2, -0.15) is 18.3 Å². The van der Waals surface area contributed by atoms with E-state index in [9.17, 15) is 13.2 Å². The van der Waals surface area contributed by atoms with Crippen LogP contribution in [0.5, 0.6) is 0 Å². The summed E-state index contributed by atoms with van der Waals surface area (Å²) in [7, 11) is 1.59. The zero-order valence-electron chi connectivity index (χ0n) is 10.2. The van der Waals surface area contributed by atoms with Gasteiger partial charge in [-0.15, -0.1) is 0 Å². The van der Waals surface area contributed by atoms with Crippen molar-refractivity contribution in [2.75, 3.05) is 13.1 Å². The second-order valence-corrected chi connectivity index (χ2v) is 5.71. The van der Waals surface area contributed by atoms with Gasteiger partial charge in [-0.1, -0.05) is 0 Å². The molecule has 1 spiro atoms. The Morgan fingerprint density at radius 2 is 2.11 bits per heavy atom. The van der Waals surface area contributed by atoms with Gasteiger partial charge in [-0.25, -0.2) is 0 Å². The molecule has 100 valence electrons. The van der Waals surface area contributed by atoms with Crippen molar-refractivity contribution in [1.29, 1.82) is 0 Å². The van der Waals surface area contributed by atoms with Crippen LogP contribution in [0.25, 0.3) is 0 Å². The van der Waals surface area contributed by atoms with Crippen molar-refractivity contribution >= 4 is 0 Å². The SMILES string of the molecule is Cn1ncc(C(F)(F)F)c1CC1CC2(CNC2)C1. The molecule has 1 aromatic rings. The molecular weight excluding hydrogens is 243 g/mol. The monoisotopic (exact) mass is 259 g/mol. The van der Waals surface area contributed by atoms with Crippen LogP contribution in [0, 0.1) is 11.3 Å². The smallest absolute Gasteiger partial charge is 0.316 e. The summed E-state index contributed by atoms with van der Waals surface area (Å²) in [5.41, 5.74) is 0.161. The molecule has 1 saturated carbocycles. The lowest BCUT2D eigenvalue weighted by Crippen LogP contribution is -2.60. The number of hydrogen-bond acceptors (Lipinski definition) is 2. The standard InChI is InChI=1S/C12H16F3N3/c1-18-10(9(5-17-18)12(13,14)15)2-8-3-11(4-8)6-16-7-11/h5,8,16H,2-4,6-7H2,1H3. The minimum atomic E-state index is -4.29. The highest BCUT2D eigenvalue weighted by molar-refractivity contribution is 5.22. The van der Waals surface area contributed by atoms with Gasteiger partial charge < -0.3 is 5.32 Å². The van der Waals surface area contributed by atoms with Crippen molar-refractivity contribution in [3.63, 3.8) is 0 Å². The van der Waals surface area contributed by atoms with Crippen LogP contribution in [-0.4, -0.2) is 22.9 Å². The number of alkyl halides is 3. The molecule has 0 aromatic carbocycles. The molecule has 0 radical (unpaired) electrons. The van der Waals surface area contributed by atoms with Crippen LogP contribution < -0.4 is 5.32 Å². The molecule has 1 N–H and O–H groups in total. The highest BCUT2D eigenvalue weighted by Crippen LogP contribution is 2.50. The van der Waals surface area contributed by atoms with Crippen molar-refractivity contribution in [2.24, 2.45) is 18.4 Å². The minimum Gasteiger partial charge on any atom is -0.316 e. The van der Waals surface area contributed by atoms with Gasteiger partial charge in [0.05, 0.1) is 17.5 Å². The van der Waals surface area contributed by atoms with Gasteiger partial charge in [0.2, 0.25) is 0 Å². The average Bonchev–Trinajstić information content (AvgIpc) is 2.49. The predicted octanol–water partition coefficient (Wildman–Crippen LogP) is 1.98. The summed E-state index contributed by atoms with van der Waals surface area (Å²) in [5.74, 6) is 0.378. The van der Waals surface area contributed by atoms with Crippen LogP contribution >= 0.6 is 0 Å². The van der Waals surface area contributed by atoms with E-state index in [0.29, 0.717) is 23.4 Å². The topological polar surface area (TPSA) is 29.9 Å². The Bertz CT molecular complexity index is 452. The van der Waals surface area contributed by atoms with Crippen LogP contribution in [0.15, 0.2) is 6.20 Å². The van der Waals surface area contributed by atoms with Gasteiger partial charge in [-0.05, 0) is 30.6 Å². The van der Waals surface area contributed by atoms with Crippen molar-refractivity contribution in [1.82, 2.24) is 15.1 Å². The number of rotatable bonds is 2. The number of nitrogens with one attached hydrogen (secondary N) is 1. The summed E-state index contributed by atoms with van der Waals surface area (Å²) in [6.07, 6.45) is -0.768.